The molecule has 2 unspecified atom stereocenters. The summed E-state index contributed by atoms with van der Waals surface area (Å²) in [4.78, 5) is 17.4. The Labute approximate surface area is 121 Å². The minimum absolute atomic E-state index is 0.0662. The van der Waals surface area contributed by atoms with Crippen LogP contribution in [0.1, 0.15) is 35.8 Å². The average Bonchev–Trinajstić information content (AvgIpc) is 2.45. The Kier molecular flexibility index (Phi) is 4.51. The van der Waals surface area contributed by atoms with E-state index < -0.39 is 11.9 Å². The molecule has 1 aliphatic rings. The summed E-state index contributed by atoms with van der Waals surface area (Å²) < 4.78 is 37.4. The predicted molar refractivity (Wildman–Crippen MR) is 71.5 cm³/mol. The maximum atomic E-state index is 12.5. The number of alkyl halides is 3. The Bertz CT molecular complexity index is 501. The molecule has 1 saturated heterocycles. The Balaban J connectivity index is 2.16. The molecular formula is C14H18F3N3O. The second kappa shape index (κ2) is 6.01. The van der Waals surface area contributed by atoms with Crippen LogP contribution in [0.5, 0.6) is 0 Å². The van der Waals surface area contributed by atoms with Gasteiger partial charge in [-0.25, -0.2) is 0 Å². The first kappa shape index (κ1) is 15.8. The maximum Gasteiger partial charge on any atom is 0.433 e. The van der Waals surface area contributed by atoms with Crippen molar-refractivity contribution in [2.45, 2.75) is 32.0 Å². The highest BCUT2D eigenvalue weighted by Gasteiger charge is 2.33. The summed E-state index contributed by atoms with van der Waals surface area (Å²) >= 11 is 0. The molecule has 0 aromatic carbocycles. The first-order valence-electron chi connectivity index (χ1n) is 6.87. The van der Waals surface area contributed by atoms with Crippen molar-refractivity contribution in [1.29, 1.82) is 0 Å². The van der Waals surface area contributed by atoms with Gasteiger partial charge in [-0.15, -0.1) is 0 Å². The van der Waals surface area contributed by atoms with Gasteiger partial charge in [0, 0.05) is 25.3 Å². The number of carbonyl (C=O) groups excluding carboxylic acids is 1. The standard InChI is InChI=1S/C14H18F3N3O/c1-9-4-5-20(11(6-9)7-18)13(21)10-2-3-12(19-8-10)14(15,16)17/h2-3,8-9,11H,4-7,18H2,1H3. The molecule has 21 heavy (non-hydrogen) atoms. The first-order valence-corrected chi connectivity index (χ1v) is 6.87. The molecule has 1 aromatic heterocycles. The van der Waals surface area contributed by atoms with Crippen molar-refractivity contribution in [3.05, 3.63) is 29.6 Å². The average molecular weight is 301 g/mol. The Morgan fingerprint density at radius 2 is 2.19 bits per heavy atom. The Morgan fingerprint density at radius 1 is 1.48 bits per heavy atom. The SMILES string of the molecule is CC1CCN(C(=O)c2ccc(C(F)(F)F)nc2)C(CN)C1. The van der Waals surface area contributed by atoms with Crippen LogP contribution < -0.4 is 5.73 Å². The van der Waals surface area contributed by atoms with Crippen LogP contribution in [0.4, 0.5) is 13.2 Å². The smallest absolute Gasteiger partial charge is 0.334 e. The summed E-state index contributed by atoms with van der Waals surface area (Å²) in [5.41, 5.74) is 4.86. The Morgan fingerprint density at radius 3 is 2.71 bits per heavy atom. The van der Waals surface area contributed by atoms with E-state index in [0.717, 1.165) is 25.1 Å². The summed E-state index contributed by atoms with van der Waals surface area (Å²) in [6.45, 7) is 3.02. The molecule has 0 aliphatic carbocycles. The van der Waals surface area contributed by atoms with E-state index >= 15 is 0 Å². The second-order valence-corrected chi connectivity index (χ2v) is 5.45. The number of nitrogens with two attached hydrogens (primary N) is 1. The number of amides is 1. The highest BCUT2D eigenvalue weighted by molar-refractivity contribution is 5.94. The molecule has 1 aliphatic heterocycles. The molecule has 7 heteroatoms. The fourth-order valence-electron chi connectivity index (χ4n) is 2.60. The molecule has 1 amide bonds. The lowest BCUT2D eigenvalue weighted by molar-refractivity contribution is -0.141. The third kappa shape index (κ3) is 3.53. The summed E-state index contributed by atoms with van der Waals surface area (Å²) in [6, 6.07) is 1.93. The summed E-state index contributed by atoms with van der Waals surface area (Å²) in [5, 5.41) is 0. The molecule has 2 N–H and O–H groups in total. The number of piperidine rings is 1. The lowest BCUT2D eigenvalue weighted by Gasteiger charge is -2.38. The zero-order valence-corrected chi connectivity index (χ0v) is 11.7. The zero-order valence-electron chi connectivity index (χ0n) is 11.7. The third-order valence-corrected chi connectivity index (χ3v) is 3.81. The van der Waals surface area contributed by atoms with E-state index in [9.17, 15) is 18.0 Å². The molecule has 2 rings (SSSR count). The largest absolute Gasteiger partial charge is 0.433 e. The van der Waals surface area contributed by atoms with Crippen LogP contribution in [0, 0.1) is 5.92 Å². The van der Waals surface area contributed by atoms with Gasteiger partial charge in [-0.1, -0.05) is 6.92 Å². The summed E-state index contributed by atoms with van der Waals surface area (Å²) in [5.74, 6) is 0.187. The van der Waals surface area contributed by atoms with Crippen molar-refractivity contribution in [3.8, 4) is 0 Å². The van der Waals surface area contributed by atoms with Gasteiger partial charge in [0.05, 0.1) is 5.56 Å². The van der Waals surface area contributed by atoms with Crippen LogP contribution in [-0.4, -0.2) is 34.9 Å². The van der Waals surface area contributed by atoms with E-state index in [1.807, 2.05) is 0 Å². The number of likely N-dealkylation sites (tertiary alicyclic amines) is 1. The molecule has 2 atom stereocenters. The van der Waals surface area contributed by atoms with Crippen LogP contribution in [0.2, 0.25) is 0 Å². The fourth-order valence-corrected chi connectivity index (χ4v) is 2.60. The van der Waals surface area contributed by atoms with Gasteiger partial charge in [-0.3, -0.25) is 9.78 Å². The van der Waals surface area contributed by atoms with Gasteiger partial charge in [0.25, 0.3) is 5.91 Å². The van der Waals surface area contributed by atoms with Gasteiger partial charge >= 0.3 is 6.18 Å². The quantitative estimate of drug-likeness (QED) is 0.912. The molecule has 0 bridgehead atoms. The van der Waals surface area contributed by atoms with Gasteiger partial charge in [0.2, 0.25) is 0 Å². The van der Waals surface area contributed by atoms with Gasteiger partial charge in [0.15, 0.2) is 0 Å². The van der Waals surface area contributed by atoms with Gasteiger partial charge in [-0.05, 0) is 30.9 Å². The maximum absolute atomic E-state index is 12.5. The highest BCUT2D eigenvalue weighted by Crippen LogP contribution is 2.28. The fraction of sp³-hybridized carbons (Fsp3) is 0.571. The minimum Gasteiger partial charge on any atom is -0.334 e. The normalized spacial score (nSPS) is 23.2. The molecular weight excluding hydrogens is 283 g/mol. The van der Waals surface area contributed by atoms with Crippen molar-refractivity contribution in [1.82, 2.24) is 9.88 Å². The molecule has 0 radical (unpaired) electrons. The molecule has 4 nitrogen and oxygen atoms in total. The topological polar surface area (TPSA) is 59.2 Å². The number of aromatic nitrogens is 1. The minimum atomic E-state index is -4.50. The van der Waals surface area contributed by atoms with Crippen LogP contribution in [0.3, 0.4) is 0 Å². The molecule has 0 saturated carbocycles. The summed E-state index contributed by atoms with van der Waals surface area (Å²) in [6.07, 6.45) is -1.83. The van der Waals surface area contributed by atoms with Crippen LogP contribution >= 0.6 is 0 Å². The van der Waals surface area contributed by atoms with Gasteiger partial charge < -0.3 is 10.6 Å². The van der Waals surface area contributed by atoms with Crippen molar-refractivity contribution in [2.75, 3.05) is 13.1 Å². The van der Waals surface area contributed by atoms with Crippen LogP contribution in [0.25, 0.3) is 0 Å². The predicted octanol–water partition coefficient (Wildman–Crippen LogP) is 2.30. The van der Waals surface area contributed by atoms with E-state index in [0.29, 0.717) is 19.0 Å². The monoisotopic (exact) mass is 301 g/mol. The molecule has 116 valence electrons. The number of hydrogen-bond donors (Lipinski definition) is 1. The third-order valence-electron chi connectivity index (χ3n) is 3.81. The number of halogens is 3. The van der Waals surface area contributed by atoms with Crippen molar-refractivity contribution in [2.24, 2.45) is 11.7 Å². The lowest BCUT2D eigenvalue weighted by atomic mass is 9.92. The van der Waals surface area contributed by atoms with E-state index in [4.69, 9.17) is 5.73 Å². The van der Waals surface area contributed by atoms with Crippen LogP contribution in [0.15, 0.2) is 18.3 Å². The molecule has 1 aromatic rings. The van der Waals surface area contributed by atoms with Crippen molar-refractivity contribution < 1.29 is 18.0 Å². The second-order valence-electron chi connectivity index (χ2n) is 5.45. The number of carbonyl (C=O) groups is 1. The zero-order chi connectivity index (χ0) is 15.6. The van der Waals surface area contributed by atoms with Crippen molar-refractivity contribution >= 4 is 5.91 Å². The number of rotatable bonds is 2. The number of pyridine rings is 1. The number of hydrogen-bond acceptors (Lipinski definition) is 3. The molecule has 2 heterocycles. The summed E-state index contributed by atoms with van der Waals surface area (Å²) in [7, 11) is 0. The van der Waals surface area contributed by atoms with E-state index in [-0.39, 0.29) is 17.5 Å². The molecule has 0 spiro atoms. The van der Waals surface area contributed by atoms with E-state index in [1.165, 1.54) is 6.07 Å². The lowest BCUT2D eigenvalue weighted by Crippen LogP contribution is -2.49. The van der Waals surface area contributed by atoms with Crippen LogP contribution in [-0.2, 0) is 6.18 Å². The molecule has 1 fully saturated rings. The Hall–Kier alpha value is -1.63. The highest BCUT2D eigenvalue weighted by atomic mass is 19.4. The van der Waals surface area contributed by atoms with E-state index in [1.54, 1.807) is 4.90 Å². The van der Waals surface area contributed by atoms with Gasteiger partial charge in [-0.2, -0.15) is 13.2 Å². The number of nitrogens with zero attached hydrogens (tertiary/aromatic N) is 2. The van der Waals surface area contributed by atoms with Crippen molar-refractivity contribution in [3.63, 3.8) is 0 Å². The van der Waals surface area contributed by atoms with E-state index in [2.05, 4.69) is 11.9 Å². The van der Waals surface area contributed by atoms with Gasteiger partial charge in [0.1, 0.15) is 5.69 Å². The first-order chi connectivity index (χ1) is 9.82.